The van der Waals surface area contributed by atoms with Crippen LogP contribution in [0.3, 0.4) is 0 Å². The highest BCUT2D eigenvalue weighted by Crippen LogP contribution is 2.29. The minimum absolute atomic E-state index is 0.322. The van der Waals surface area contributed by atoms with Gasteiger partial charge in [0.1, 0.15) is 10.6 Å². The van der Waals surface area contributed by atoms with E-state index in [1.807, 2.05) is 0 Å². The first kappa shape index (κ1) is 15.9. The number of rotatable bonds is 8. The van der Waals surface area contributed by atoms with Crippen LogP contribution in [0.2, 0.25) is 0 Å². The van der Waals surface area contributed by atoms with Gasteiger partial charge < -0.3 is 20.7 Å². The number of aryl methyl sites for hydroxylation is 1. The van der Waals surface area contributed by atoms with Gasteiger partial charge in [0.2, 0.25) is 5.95 Å². The third-order valence-corrected chi connectivity index (χ3v) is 4.45. The van der Waals surface area contributed by atoms with Crippen molar-refractivity contribution >= 4 is 33.3 Å². The molecule has 0 aliphatic heterocycles. The van der Waals surface area contributed by atoms with E-state index in [-0.39, 0.29) is 0 Å². The van der Waals surface area contributed by atoms with Crippen molar-refractivity contribution in [2.24, 2.45) is 0 Å². The van der Waals surface area contributed by atoms with Crippen LogP contribution in [0.25, 0.3) is 10.2 Å². The molecule has 0 radical (unpaired) electrons. The van der Waals surface area contributed by atoms with Crippen LogP contribution in [-0.4, -0.2) is 55.3 Å². The second-order valence-electron chi connectivity index (χ2n) is 4.94. The molecule has 116 valence electrons. The summed E-state index contributed by atoms with van der Waals surface area (Å²) in [7, 11) is 3.79. The summed E-state index contributed by atoms with van der Waals surface area (Å²) in [4.78, 5) is 13.1. The van der Waals surface area contributed by atoms with E-state index in [0.29, 0.717) is 5.95 Å². The maximum absolute atomic E-state index is 5.79. The standard InChI is InChI=1S/C14H23N5OS/c1-4-10-9-11-12(17-14(15)18-13(11)21-10)16-5-6-19(2)7-8-20-3/h9H,4-8H2,1-3H3,(H3,15,16,17,18). The molecule has 0 aromatic carbocycles. The van der Waals surface area contributed by atoms with E-state index in [2.05, 4.69) is 40.2 Å². The highest BCUT2D eigenvalue weighted by Gasteiger charge is 2.10. The number of anilines is 2. The van der Waals surface area contributed by atoms with Gasteiger partial charge in [-0.3, -0.25) is 0 Å². The van der Waals surface area contributed by atoms with Crippen LogP contribution in [0, 0.1) is 0 Å². The fourth-order valence-electron chi connectivity index (χ4n) is 2.02. The van der Waals surface area contributed by atoms with Gasteiger partial charge in [0.05, 0.1) is 12.0 Å². The molecule has 21 heavy (non-hydrogen) atoms. The lowest BCUT2D eigenvalue weighted by Gasteiger charge is -2.16. The van der Waals surface area contributed by atoms with Crippen LogP contribution < -0.4 is 11.1 Å². The van der Waals surface area contributed by atoms with E-state index >= 15 is 0 Å². The lowest BCUT2D eigenvalue weighted by Crippen LogP contribution is -2.28. The number of nitrogens with two attached hydrogens (primary N) is 1. The minimum Gasteiger partial charge on any atom is -0.383 e. The molecular weight excluding hydrogens is 286 g/mol. The Kier molecular flexibility index (Phi) is 5.72. The molecule has 0 saturated carbocycles. The van der Waals surface area contributed by atoms with Gasteiger partial charge in [-0.1, -0.05) is 6.92 Å². The van der Waals surface area contributed by atoms with Crippen LogP contribution >= 0.6 is 11.3 Å². The highest BCUT2D eigenvalue weighted by molar-refractivity contribution is 7.18. The van der Waals surface area contributed by atoms with E-state index in [1.165, 1.54) is 4.88 Å². The van der Waals surface area contributed by atoms with E-state index in [9.17, 15) is 0 Å². The third-order valence-electron chi connectivity index (χ3n) is 3.27. The molecule has 2 heterocycles. The van der Waals surface area contributed by atoms with Gasteiger partial charge in [-0.25, -0.2) is 4.98 Å². The maximum Gasteiger partial charge on any atom is 0.223 e. The number of aromatic nitrogens is 2. The van der Waals surface area contributed by atoms with Gasteiger partial charge >= 0.3 is 0 Å². The first-order chi connectivity index (χ1) is 10.1. The van der Waals surface area contributed by atoms with Crippen molar-refractivity contribution in [3.8, 4) is 0 Å². The Bertz CT molecular complexity index is 586. The number of ether oxygens (including phenoxy) is 1. The number of hydrogen-bond donors (Lipinski definition) is 2. The van der Waals surface area contributed by atoms with Gasteiger partial charge in [-0.05, 0) is 19.5 Å². The summed E-state index contributed by atoms with van der Waals surface area (Å²) in [6.45, 7) is 5.52. The maximum atomic E-state index is 5.79. The first-order valence-electron chi connectivity index (χ1n) is 7.11. The van der Waals surface area contributed by atoms with Crippen LogP contribution in [-0.2, 0) is 11.2 Å². The summed E-state index contributed by atoms with van der Waals surface area (Å²) in [5.74, 6) is 1.15. The predicted molar refractivity (Wildman–Crippen MR) is 89.1 cm³/mol. The Balaban J connectivity index is 2.02. The summed E-state index contributed by atoms with van der Waals surface area (Å²) in [5.41, 5.74) is 5.79. The van der Waals surface area contributed by atoms with Gasteiger partial charge in [-0.2, -0.15) is 4.98 Å². The number of nitrogens with zero attached hydrogens (tertiary/aromatic N) is 3. The monoisotopic (exact) mass is 309 g/mol. The van der Waals surface area contributed by atoms with Gasteiger partial charge in [0.15, 0.2) is 0 Å². The molecule has 0 spiro atoms. The van der Waals surface area contributed by atoms with Crippen LogP contribution in [0.5, 0.6) is 0 Å². The predicted octanol–water partition coefficient (Wildman–Crippen LogP) is 1.83. The van der Waals surface area contributed by atoms with Gasteiger partial charge in [-0.15, -0.1) is 11.3 Å². The minimum atomic E-state index is 0.322. The summed E-state index contributed by atoms with van der Waals surface area (Å²) in [5, 5.41) is 4.43. The highest BCUT2D eigenvalue weighted by atomic mass is 32.1. The van der Waals surface area contributed by atoms with E-state index in [1.54, 1.807) is 18.4 Å². The van der Waals surface area contributed by atoms with Gasteiger partial charge in [0.25, 0.3) is 0 Å². The molecule has 0 bridgehead atoms. The quantitative estimate of drug-likeness (QED) is 0.775. The summed E-state index contributed by atoms with van der Waals surface area (Å²) < 4.78 is 5.07. The third kappa shape index (κ3) is 4.26. The molecule has 6 nitrogen and oxygen atoms in total. The molecule has 2 aromatic rings. The molecule has 0 fully saturated rings. The Morgan fingerprint density at radius 3 is 2.90 bits per heavy atom. The Hall–Kier alpha value is -1.44. The second-order valence-corrected chi connectivity index (χ2v) is 6.05. The zero-order valence-electron chi connectivity index (χ0n) is 12.8. The van der Waals surface area contributed by atoms with Crippen LogP contribution in [0.4, 0.5) is 11.8 Å². The second kappa shape index (κ2) is 7.53. The fraction of sp³-hybridized carbons (Fsp3) is 0.571. The molecule has 3 N–H and O–H groups in total. The molecule has 0 aliphatic carbocycles. The molecule has 0 saturated heterocycles. The number of fused-ring (bicyclic) bond motifs is 1. The largest absolute Gasteiger partial charge is 0.383 e. The molecule has 2 rings (SSSR count). The van der Waals surface area contributed by atoms with E-state index in [4.69, 9.17) is 10.5 Å². The van der Waals surface area contributed by atoms with Gasteiger partial charge in [0, 0.05) is 31.6 Å². The molecule has 2 aromatic heterocycles. The van der Waals surface area contributed by atoms with E-state index < -0.39 is 0 Å². The van der Waals surface area contributed by atoms with Crippen molar-refractivity contribution in [2.75, 3.05) is 51.4 Å². The number of nitrogen functional groups attached to an aromatic ring is 1. The van der Waals surface area contributed by atoms with Crippen molar-refractivity contribution in [3.05, 3.63) is 10.9 Å². The van der Waals surface area contributed by atoms with Crippen molar-refractivity contribution < 1.29 is 4.74 Å². The van der Waals surface area contributed by atoms with Crippen LogP contribution in [0.15, 0.2) is 6.07 Å². The summed E-state index contributed by atoms with van der Waals surface area (Å²) in [6, 6.07) is 2.15. The van der Waals surface area contributed by atoms with Crippen molar-refractivity contribution in [1.29, 1.82) is 0 Å². The molecule has 0 unspecified atom stereocenters. The lowest BCUT2D eigenvalue weighted by molar-refractivity contribution is 0.163. The number of methoxy groups -OCH3 is 1. The number of nitrogens with one attached hydrogen (secondary N) is 1. The Labute approximate surface area is 129 Å². The van der Waals surface area contributed by atoms with Crippen LogP contribution in [0.1, 0.15) is 11.8 Å². The summed E-state index contributed by atoms with van der Waals surface area (Å²) >= 11 is 1.68. The molecule has 0 atom stereocenters. The molecule has 7 heteroatoms. The zero-order valence-corrected chi connectivity index (χ0v) is 13.7. The Morgan fingerprint density at radius 2 is 2.19 bits per heavy atom. The molecule has 0 aliphatic rings. The number of hydrogen-bond acceptors (Lipinski definition) is 7. The average molecular weight is 309 g/mol. The molecular formula is C14H23N5OS. The average Bonchev–Trinajstić information content (AvgIpc) is 2.88. The van der Waals surface area contributed by atoms with E-state index in [0.717, 1.165) is 48.7 Å². The fourth-order valence-corrected chi connectivity index (χ4v) is 3.00. The smallest absolute Gasteiger partial charge is 0.223 e. The zero-order chi connectivity index (χ0) is 15.2. The normalized spacial score (nSPS) is 11.4. The SMILES string of the molecule is CCc1cc2c(NCCN(C)CCOC)nc(N)nc2s1. The van der Waals surface area contributed by atoms with Crippen molar-refractivity contribution in [1.82, 2.24) is 14.9 Å². The number of likely N-dealkylation sites (N-methyl/N-ethyl adjacent to an activating group) is 1. The number of thiophene rings is 1. The Morgan fingerprint density at radius 1 is 1.38 bits per heavy atom. The van der Waals surface area contributed by atoms with Crippen molar-refractivity contribution in [3.63, 3.8) is 0 Å². The summed E-state index contributed by atoms with van der Waals surface area (Å²) in [6.07, 6.45) is 1.00. The first-order valence-corrected chi connectivity index (χ1v) is 7.93. The lowest BCUT2D eigenvalue weighted by atomic mass is 10.3. The molecule has 0 amide bonds. The topological polar surface area (TPSA) is 76.3 Å². The van der Waals surface area contributed by atoms with Crippen molar-refractivity contribution in [2.45, 2.75) is 13.3 Å².